The summed E-state index contributed by atoms with van der Waals surface area (Å²) >= 11 is 1.67. The summed E-state index contributed by atoms with van der Waals surface area (Å²) in [4.78, 5) is 1.09. The van der Waals surface area contributed by atoms with Crippen LogP contribution in [0.2, 0.25) is 0 Å². The van der Waals surface area contributed by atoms with Crippen LogP contribution in [0.25, 0.3) is 10.2 Å². The first-order chi connectivity index (χ1) is 7.40. The van der Waals surface area contributed by atoms with Crippen LogP contribution in [0.3, 0.4) is 0 Å². The predicted molar refractivity (Wildman–Crippen MR) is 60.0 cm³/mol. The van der Waals surface area contributed by atoms with E-state index in [9.17, 15) is 0 Å². The van der Waals surface area contributed by atoms with Gasteiger partial charge in [-0.3, -0.25) is 4.68 Å². The van der Waals surface area contributed by atoms with Crippen LogP contribution >= 0.6 is 11.3 Å². The quantitative estimate of drug-likeness (QED) is 0.797. The summed E-state index contributed by atoms with van der Waals surface area (Å²) in [5, 5.41) is 7.84. The van der Waals surface area contributed by atoms with E-state index in [2.05, 4.69) is 21.2 Å². The van der Waals surface area contributed by atoms with E-state index in [-0.39, 0.29) is 6.10 Å². The average molecular weight is 223 g/mol. The molecule has 1 atom stereocenters. The van der Waals surface area contributed by atoms with Crippen molar-refractivity contribution in [2.75, 3.05) is 13.2 Å². The zero-order valence-corrected chi connectivity index (χ0v) is 9.17. The lowest BCUT2D eigenvalue weighted by Gasteiger charge is -2.13. The van der Waals surface area contributed by atoms with Crippen molar-refractivity contribution in [3.8, 4) is 0 Å². The molecule has 2 aromatic rings. The van der Waals surface area contributed by atoms with Crippen molar-refractivity contribution in [3.63, 3.8) is 0 Å². The lowest BCUT2D eigenvalue weighted by atomic mass is 10.2. The number of thiophene rings is 1. The Labute approximate surface area is 91.6 Å². The molecule has 0 unspecified atom stereocenters. The SMILES string of the molecule is NC[C@H]1OCCCn2nc3sccc3c21. The molecular weight excluding hydrogens is 210 g/mol. The normalized spacial score (nSPS) is 21.5. The van der Waals surface area contributed by atoms with E-state index >= 15 is 0 Å². The molecule has 0 saturated carbocycles. The highest BCUT2D eigenvalue weighted by Gasteiger charge is 2.23. The van der Waals surface area contributed by atoms with Gasteiger partial charge >= 0.3 is 0 Å². The van der Waals surface area contributed by atoms with Crippen LogP contribution in [0.5, 0.6) is 0 Å². The van der Waals surface area contributed by atoms with Crippen molar-refractivity contribution in [1.29, 1.82) is 0 Å². The van der Waals surface area contributed by atoms with Crippen molar-refractivity contribution in [2.24, 2.45) is 5.73 Å². The fraction of sp³-hybridized carbons (Fsp3) is 0.500. The third-order valence-electron chi connectivity index (χ3n) is 2.76. The summed E-state index contributed by atoms with van der Waals surface area (Å²) in [5.41, 5.74) is 6.90. The van der Waals surface area contributed by atoms with Crippen molar-refractivity contribution < 1.29 is 4.74 Å². The minimum Gasteiger partial charge on any atom is -0.371 e. The molecule has 1 aliphatic heterocycles. The second kappa shape index (κ2) is 3.59. The van der Waals surface area contributed by atoms with Crippen molar-refractivity contribution in [3.05, 3.63) is 17.1 Å². The Kier molecular flexibility index (Phi) is 2.23. The molecule has 0 amide bonds. The molecule has 1 aliphatic rings. The molecule has 5 heteroatoms. The van der Waals surface area contributed by atoms with Gasteiger partial charge in [0.15, 0.2) is 0 Å². The van der Waals surface area contributed by atoms with Crippen LogP contribution in [0.4, 0.5) is 0 Å². The number of aryl methyl sites for hydroxylation is 1. The van der Waals surface area contributed by atoms with Crippen LogP contribution < -0.4 is 5.73 Å². The van der Waals surface area contributed by atoms with Gasteiger partial charge in [0.05, 0.1) is 5.69 Å². The van der Waals surface area contributed by atoms with Crippen molar-refractivity contribution in [1.82, 2.24) is 9.78 Å². The van der Waals surface area contributed by atoms with E-state index < -0.39 is 0 Å². The molecule has 0 radical (unpaired) electrons. The molecule has 0 spiro atoms. The smallest absolute Gasteiger partial charge is 0.145 e. The van der Waals surface area contributed by atoms with Crippen LogP contribution in [-0.4, -0.2) is 22.9 Å². The Hall–Kier alpha value is -0.910. The van der Waals surface area contributed by atoms with Gasteiger partial charge in [-0.05, 0) is 17.9 Å². The fourth-order valence-corrected chi connectivity index (χ4v) is 2.86. The predicted octanol–water partition coefficient (Wildman–Crippen LogP) is 1.52. The summed E-state index contributed by atoms with van der Waals surface area (Å²) < 4.78 is 7.79. The molecule has 80 valence electrons. The topological polar surface area (TPSA) is 53.1 Å². The molecule has 3 heterocycles. The zero-order valence-electron chi connectivity index (χ0n) is 8.35. The van der Waals surface area contributed by atoms with Gasteiger partial charge in [0.2, 0.25) is 0 Å². The van der Waals surface area contributed by atoms with Gasteiger partial charge in [-0.25, -0.2) is 0 Å². The fourth-order valence-electron chi connectivity index (χ4n) is 2.08. The summed E-state index contributed by atoms with van der Waals surface area (Å²) in [5.74, 6) is 0. The van der Waals surface area contributed by atoms with Gasteiger partial charge < -0.3 is 10.5 Å². The maximum Gasteiger partial charge on any atom is 0.145 e. The average Bonchev–Trinajstić information content (AvgIpc) is 2.74. The van der Waals surface area contributed by atoms with Gasteiger partial charge in [0.25, 0.3) is 0 Å². The van der Waals surface area contributed by atoms with E-state index in [0.29, 0.717) is 6.54 Å². The molecular formula is C10H13N3OS. The van der Waals surface area contributed by atoms with E-state index in [1.54, 1.807) is 11.3 Å². The Morgan fingerprint density at radius 2 is 2.60 bits per heavy atom. The van der Waals surface area contributed by atoms with E-state index in [4.69, 9.17) is 10.5 Å². The summed E-state index contributed by atoms with van der Waals surface area (Å²) in [7, 11) is 0. The molecule has 2 N–H and O–H groups in total. The number of fused-ring (bicyclic) bond motifs is 3. The number of hydrogen-bond donors (Lipinski definition) is 1. The number of ether oxygens (including phenoxy) is 1. The first-order valence-corrected chi connectivity index (χ1v) is 6.03. The van der Waals surface area contributed by atoms with E-state index in [1.165, 1.54) is 5.39 Å². The van der Waals surface area contributed by atoms with Gasteiger partial charge in [0, 0.05) is 25.1 Å². The Morgan fingerprint density at radius 1 is 1.67 bits per heavy atom. The highest BCUT2D eigenvalue weighted by atomic mass is 32.1. The highest BCUT2D eigenvalue weighted by molar-refractivity contribution is 7.16. The number of rotatable bonds is 1. The third-order valence-corrected chi connectivity index (χ3v) is 3.56. The molecule has 0 bridgehead atoms. The Morgan fingerprint density at radius 3 is 3.47 bits per heavy atom. The summed E-state index contributed by atoms with van der Waals surface area (Å²) in [6.07, 6.45) is 1.02. The largest absolute Gasteiger partial charge is 0.371 e. The lowest BCUT2D eigenvalue weighted by molar-refractivity contribution is 0.0630. The molecule has 0 aromatic carbocycles. The van der Waals surface area contributed by atoms with Gasteiger partial charge in [-0.15, -0.1) is 11.3 Å². The van der Waals surface area contributed by atoms with E-state index in [1.807, 2.05) is 0 Å². The summed E-state index contributed by atoms with van der Waals surface area (Å²) in [6, 6.07) is 2.11. The van der Waals surface area contributed by atoms with Gasteiger partial charge in [-0.2, -0.15) is 5.10 Å². The highest BCUT2D eigenvalue weighted by Crippen LogP contribution is 2.31. The van der Waals surface area contributed by atoms with Crippen LogP contribution in [-0.2, 0) is 11.3 Å². The van der Waals surface area contributed by atoms with Crippen molar-refractivity contribution >= 4 is 21.6 Å². The third kappa shape index (κ3) is 1.39. The molecule has 3 rings (SSSR count). The maximum atomic E-state index is 5.74. The molecule has 0 fully saturated rings. The molecule has 2 aromatic heterocycles. The zero-order chi connectivity index (χ0) is 10.3. The maximum absolute atomic E-state index is 5.74. The molecule has 15 heavy (non-hydrogen) atoms. The Bertz CT molecular complexity index is 476. The first-order valence-electron chi connectivity index (χ1n) is 5.15. The van der Waals surface area contributed by atoms with Gasteiger partial charge in [0.1, 0.15) is 10.9 Å². The van der Waals surface area contributed by atoms with Crippen LogP contribution in [0.1, 0.15) is 18.2 Å². The molecule has 4 nitrogen and oxygen atoms in total. The minimum absolute atomic E-state index is 0.00657. The molecule has 0 saturated heterocycles. The minimum atomic E-state index is 0.00657. The van der Waals surface area contributed by atoms with Crippen LogP contribution in [0.15, 0.2) is 11.4 Å². The monoisotopic (exact) mass is 223 g/mol. The number of hydrogen-bond acceptors (Lipinski definition) is 4. The number of nitrogens with two attached hydrogens (primary N) is 1. The summed E-state index contributed by atoms with van der Waals surface area (Å²) in [6.45, 7) is 2.24. The standard InChI is InChI=1S/C10H13N3OS/c11-6-8-9-7-2-5-15-10(7)12-13(9)3-1-4-14-8/h2,5,8H,1,3-4,6,11H2/t8-/m1/s1. The number of nitrogens with zero attached hydrogens (tertiary/aromatic N) is 2. The molecule has 0 aliphatic carbocycles. The van der Waals surface area contributed by atoms with Crippen molar-refractivity contribution in [2.45, 2.75) is 19.1 Å². The van der Waals surface area contributed by atoms with Crippen LogP contribution in [0, 0.1) is 0 Å². The number of aromatic nitrogens is 2. The lowest BCUT2D eigenvalue weighted by Crippen LogP contribution is -2.17. The van der Waals surface area contributed by atoms with E-state index in [0.717, 1.165) is 30.1 Å². The van der Waals surface area contributed by atoms with Gasteiger partial charge in [-0.1, -0.05) is 0 Å². The first kappa shape index (κ1) is 9.33. The second-order valence-electron chi connectivity index (χ2n) is 3.70. The Balaban J connectivity index is 2.20. The second-order valence-corrected chi connectivity index (χ2v) is 4.59.